The Balaban J connectivity index is 2.27. The van der Waals surface area contributed by atoms with Crippen molar-refractivity contribution in [3.05, 3.63) is 24.0 Å². The normalized spacial score (nSPS) is 18.9. The Bertz CT molecular complexity index is 585. The van der Waals surface area contributed by atoms with E-state index >= 15 is 0 Å². The van der Waals surface area contributed by atoms with Gasteiger partial charge in [0.05, 0.1) is 22.7 Å². The van der Waals surface area contributed by atoms with Crippen LogP contribution in [0, 0.1) is 5.82 Å². The van der Waals surface area contributed by atoms with Crippen molar-refractivity contribution in [3.8, 4) is 0 Å². The molecule has 1 aromatic carbocycles. The first-order valence-electron chi connectivity index (χ1n) is 6.16. The number of aliphatic hydroxyl groups excluding tert-OH is 1. The Morgan fingerprint density at radius 2 is 2.05 bits per heavy atom. The molecule has 0 radical (unpaired) electrons. The maximum Gasteiger partial charge on any atom is 0.241 e. The Morgan fingerprint density at radius 1 is 1.40 bits per heavy atom. The number of ether oxygens (including phenoxy) is 1. The molecule has 20 heavy (non-hydrogen) atoms. The SMILES string of the molecule is Nc1cc(S(=O)(=O)NC2(CO)CCOCC2)ccc1F. The second-order valence-electron chi connectivity index (χ2n) is 4.84. The Labute approximate surface area is 116 Å². The van der Waals surface area contributed by atoms with Gasteiger partial charge >= 0.3 is 0 Å². The van der Waals surface area contributed by atoms with Gasteiger partial charge in [-0.05, 0) is 31.0 Å². The number of anilines is 1. The van der Waals surface area contributed by atoms with Gasteiger partial charge in [0.15, 0.2) is 0 Å². The van der Waals surface area contributed by atoms with Crippen LogP contribution in [-0.4, -0.2) is 38.9 Å². The summed E-state index contributed by atoms with van der Waals surface area (Å²) >= 11 is 0. The lowest BCUT2D eigenvalue weighted by Crippen LogP contribution is -2.54. The molecule has 4 N–H and O–H groups in total. The molecule has 1 aromatic rings. The van der Waals surface area contributed by atoms with Crippen LogP contribution in [-0.2, 0) is 14.8 Å². The molecule has 1 saturated heterocycles. The highest BCUT2D eigenvalue weighted by Crippen LogP contribution is 2.24. The summed E-state index contributed by atoms with van der Waals surface area (Å²) < 4.78 is 45.3. The first-order chi connectivity index (χ1) is 9.38. The van der Waals surface area contributed by atoms with Crippen LogP contribution in [0.5, 0.6) is 0 Å². The van der Waals surface area contributed by atoms with Crippen LogP contribution >= 0.6 is 0 Å². The third-order valence-electron chi connectivity index (χ3n) is 3.38. The van der Waals surface area contributed by atoms with E-state index in [0.29, 0.717) is 26.1 Å². The van der Waals surface area contributed by atoms with E-state index in [2.05, 4.69) is 4.72 Å². The maximum absolute atomic E-state index is 13.1. The Hall–Kier alpha value is -1.22. The molecule has 6 nitrogen and oxygen atoms in total. The monoisotopic (exact) mass is 304 g/mol. The lowest BCUT2D eigenvalue weighted by molar-refractivity contribution is 0.0223. The van der Waals surface area contributed by atoms with Crippen molar-refractivity contribution in [2.45, 2.75) is 23.3 Å². The summed E-state index contributed by atoms with van der Waals surface area (Å²) in [7, 11) is -3.88. The second-order valence-corrected chi connectivity index (χ2v) is 6.52. The summed E-state index contributed by atoms with van der Waals surface area (Å²) in [6, 6.07) is 3.19. The van der Waals surface area contributed by atoms with Crippen molar-refractivity contribution in [2.24, 2.45) is 0 Å². The van der Waals surface area contributed by atoms with Gasteiger partial charge in [0.25, 0.3) is 0 Å². The van der Waals surface area contributed by atoms with Crippen LogP contribution in [0.2, 0.25) is 0 Å². The molecular weight excluding hydrogens is 287 g/mol. The average Bonchev–Trinajstić information content (AvgIpc) is 2.42. The first-order valence-corrected chi connectivity index (χ1v) is 7.64. The zero-order valence-electron chi connectivity index (χ0n) is 10.8. The summed E-state index contributed by atoms with van der Waals surface area (Å²) in [6.45, 7) is 0.412. The lowest BCUT2D eigenvalue weighted by Gasteiger charge is -2.35. The molecule has 0 spiro atoms. The number of nitrogen functional groups attached to an aromatic ring is 1. The molecule has 1 aliphatic rings. The number of rotatable bonds is 4. The summed E-state index contributed by atoms with van der Waals surface area (Å²) in [5, 5.41) is 9.48. The minimum atomic E-state index is -3.88. The molecule has 2 rings (SSSR count). The quantitative estimate of drug-likeness (QED) is 0.691. The lowest BCUT2D eigenvalue weighted by atomic mass is 9.93. The standard InChI is InChI=1S/C12H17FN2O4S/c13-10-2-1-9(7-11(10)14)20(17,18)15-12(8-16)3-5-19-6-4-12/h1-2,7,15-16H,3-6,8,14H2. The van der Waals surface area contributed by atoms with Crippen LogP contribution in [0.25, 0.3) is 0 Å². The second kappa shape index (κ2) is 5.65. The van der Waals surface area contributed by atoms with Gasteiger partial charge in [-0.2, -0.15) is 0 Å². The zero-order valence-corrected chi connectivity index (χ0v) is 11.6. The molecule has 0 bridgehead atoms. The highest BCUT2D eigenvalue weighted by molar-refractivity contribution is 7.89. The van der Waals surface area contributed by atoms with Gasteiger partial charge in [-0.1, -0.05) is 0 Å². The largest absolute Gasteiger partial charge is 0.396 e. The van der Waals surface area contributed by atoms with Gasteiger partial charge in [-0.15, -0.1) is 0 Å². The Kier molecular flexibility index (Phi) is 4.28. The number of hydrogen-bond donors (Lipinski definition) is 3. The molecule has 0 unspecified atom stereocenters. The van der Waals surface area contributed by atoms with Gasteiger partial charge < -0.3 is 15.6 Å². The summed E-state index contributed by atoms with van der Waals surface area (Å²) in [6.07, 6.45) is 0.749. The average molecular weight is 304 g/mol. The molecule has 1 fully saturated rings. The number of hydrogen-bond acceptors (Lipinski definition) is 5. The molecule has 112 valence electrons. The molecule has 8 heteroatoms. The third-order valence-corrected chi connectivity index (χ3v) is 4.96. The van der Waals surface area contributed by atoms with Gasteiger partial charge in [0.1, 0.15) is 5.82 Å². The van der Waals surface area contributed by atoms with E-state index in [0.717, 1.165) is 18.2 Å². The molecule has 0 amide bonds. The van der Waals surface area contributed by atoms with Gasteiger partial charge in [-0.3, -0.25) is 0 Å². The molecule has 0 aromatic heterocycles. The van der Waals surface area contributed by atoms with Crippen molar-refractivity contribution in [3.63, 3.8) is 0 Å². The number of benzene rings is 1. The van der Waals surface area contributed by atoms with E-state index in [1.165, 1.54) is 0 Å². The van der Waals surface area contributed by atoms with E-state index in [-0.39, 0.29) is 17.2 Å². The Morgan fingerprint density at radius 3 is 2.60 bits per heavy atom. The van der Waals surface area contributed by atoms with Crippen LogP contribution in [0.15, 0.2) is 23.1 Å². The van der Waals surface area contributed by atoms with E-state index in [9.17, 15) is 17.9 Å². The molecule has 0 atom stereocenters. The topological polar surface area (TPSA) is 102 Å². The van der Waals surface area contributed by atoms with Crippen molar-refractivity contribution in [2.75, 3.05) is 25.6 Å². The van der Waals surface area contributed by atoms with Crippen molar-refractivity contribution < 1.29 is 22.7 Å². The fourth-order valence-corrected chi connectivity index (χ4v) is 3.57. The minimum absolute atomic E-state index is 0.129. The summed E-state index contributed by atoms with van der Waals surface area (Å²) in [5.74, 6) is -0.674. The number of halogens is 1. The number of nitrogens with one attached hydrogen (secondary N) is 1. The molecule has 0 aliphatic carbocycles. The summed E-state index contributed by atoms with van der Waals surface area (Å²) in [4.78, 5) is -0.129. The number of nitrogens with two attached hydrogens (primary N) is 1. The fraction of sp³-hybridized carbons (Fsp3) is 0.500. The fourth-order valence-electron chi connectivity index (χ4n) is 2.09. The summed E-state index contributed by atoms with van der Waals surface area (Å²) in [5.41, 5.74) is 4.20. The van der Waals surface area contributed by atoms with Gasteiger partial charge in [-0.25, -0.2) is 17.5 Å². The minimum Gasteiger partial charge on any atom is -0.396 e. The van der Waals surface area contributed by atoms with Gasteiger partial charge in [0, 0.05) is 13.2 Å². The van der Waals surface area contributed by atoms with Crippen molar-refractivity contribution in [1.29, 1.82) is 0 Å². The predicted molar refractivity (Wildman–Crippen MR) is 71.0 cm³/mol. The van der Waals surface area contributed by atoms with Crippen molar-refractivity contribution >= 4 is 15.7 Å². The molecule has 1 aliphatic heterocycles. The highest BCUT2D eigenvalue weighted by Gasteiger charge is 2.36. The van der Waals surface area contributed by atoms with E-state index in [1.54, 1.807) is 0 Å². The zero-order chi connectivity index (χ0) is 14.8. The van der Waals surface area contributed by atoms with E-state index in [4.69, 9.17) is 10.5 Å². The predicted octanol–water partition coefficient (Wildman–Crippen LogP) is 0.228. The highest BCUT2D eigenvalue weighted by atomic mass is 32.2. The third kappa shape index (κ3) is 3.09. The number of aliphatic hydroxyl groups is 1. The first kappa shape index (κ1) is 15.2. The maximum atomic E-state index is 13.1. The van der Waals surface area contributed by atoms with Crippen LogP contribution in [0.3, 0.4) is 0 Å². The van der Waals surface area contributed by atoms with E-state index < -0.39 is 21.4 Å². The van der Waals surface area contributed by atoms with Gasteiger partial charge in [0.2, 0.25) is 10.0 Å². The van der Waals surface area contributed by atoms with Crippen LogP contribution in [0.1, 0.15) is 12.8 Å². The molecular formula is C12H17FN2O4S. The number of sulfonamides is 1. The molecule has 0 saturated carbocycles. The smallest absolute Gasteiger partial charge is 0.241 e. The van der Waals surface area contributed by atoms with Crippen LogP contribution < -0.4 is 10.5 Å². The molecule has 1 heterocycles. The van der Waals surface area contributed by atoms with E-state index in [1.807, 2.05) is 0 Å². The van der Waals surface area contributed by atoms with Crippen LogP contribution in [0.4, 0.5) is 10.1 Å². The van der Waals surface area contributed by atoms with Crippen molar-refractivity contribution in [1.82, 2.24) is 4.72 Å².